The van der Waals surface area contributed by atoms with Crippen molar-refractivity contribution in [2.24, 2.45) is 0 Å². The topological polar surface area (TPSA) is 26.3 Å². The van der Waals surface area contributed by atoms with Crippen LogP contribution >= 0.6 is 18.6 Å². The van der Waals surface area contributed by atoms with Crippen LogP contribution in [-0.2, 0) is 9.09 Å². The molecule has 0 saturated heterocycles. The van der Waals surface area contributed by atoms with E-state index >= 15 is 0 Å². The van der Waals surface area contributed by atoms with Crippen LogP contribution in [-0.4, -0.2) is 12.4 Å². The summed E-state index contributed by atoms with van der Waals surface area (Å²) in [6.45, 7) is 7.29. The van der Waals surface area contributed by atoms with Crippen LogP contribution in [0, 0.1) is 0 Å². The molecular formula is C6H11O2PS. The summed E-state index contributed by atoms with van der Waals surface area (Å²) in [5, 5.41) is 0. The first-order chi connectivity index (χ1) is 4.81. The molecule has 0 aromatic carbocycles. The van der Waals surface area contributed by atoms with E-state index in [1.807, 2.05) is 0 Å². The maximum Gasteiger partial charge on any atom is 0.246 e. The third-order valence-corrected chi connectivity index (χ3v) is 3.24. The molecule has 0 amide bonds. The van der Waals surface area contributed by atoms with E-state index in [1.165, 1.54) is 11.4 Å². The van der Waals surface area contributed by atoms with Gasteiger partial charge in [0.1, 0.15) is 0 Å². The molecule has 4 heteroatoms. The standard InChI is InChI=1S/C6H11O2PS/c1-3-5-8-9(7)10-6-4-2/h3-4,9H,1-2,5-6H2. The van der Waals surface area contributed by atoms with Crippen LogP contribution in [0.15, 0.2) is 25.3 Å². The monoisotopic (exact) mass is 178 g/mol. The molecule has 10 heavy (non-hydrogen) atoms. The average molecular weight is 178 g/mol. The van der Waals surface area contributed by atoms with Crippen molar-refractivity contribution in [3.8, 4) is 0 Å². The molecule has 1 unspecified atom stereocenters. The third-order valence-electron chi connectivity index (χ3n) is 0.638. The lowest BCUT2D eigenvalue weighted by atomic mass is 10.7. The molecule has 0 bridgehead atoms. The lowest BCUT2D eigenvalue weighted by Crippen LogP contribution is -1.76. The molecule has 0 fully saturated rings. The Hall–Kier alpha value is 0.0200. The van der Waals surface area contributed by atoms with Gasteiger partial charge < -0.3 is 4.52 Å². The fourth-order valence-electron chi connectivity index (χ4n) is 0.296. The zero-order valence-corrected chi connectivity index (χ0v) is 7.52. The minimum atomic E-state index is -1.89. The van der Waals surface area contributed by atoms with Crippen LogP contribution in [0.5, 0.6) is 0 Å². The van der Waals surface area contributed by atoms with Gasteiger partial charge in [-0.2, -0.15) is 0 Å². The Bertz CT molecular complexity index is 122. The fraction of sp³-hybridized carbons (Fsp3) is 0.333. The van der Waals surface area contributed by atoms with E-state index in [-0.39, 0.29) is 0 Å². The van der Waals surface area contributed by atoms with Crippen molar-refractivity contribution in [2.75, 3.05) is 12.4 Å². The van der Waals surface area contributed by atoms with E-state index in [2.05, 4.69) is 13.2 Å². The zero-order valence-electron chi connectivity index (χ0n) is 5.71. The molecule has 1 atom stereocenters. The molecular weight excluding hydrogens is 167 g/mol. The largest absolute Gasteiger partial charge is 0.319 e. The molecule has 0 spiro atoms. The highest BCUT2D eigenvalue weighted by molar-refractivity contribution is 8.50. The van der Waals surface area contributed by atoms with Gasteiger partial charge in [0.05, 0.1) is 6.61 Å². The summed E-state index contributed by atoms with van der Waals surface area (Å²) in [6.07, 6.45) is 3.28. The molecule has 0 aliphatic carbocycles. The Morgan fingerprint density at radius 2 is 2.20 bits per heavy atom. The molecule has 2 nitrogen and oxygen atoms in total. The summed E-state index contributed by atoms with van der Waals surface area (Å²) in [5.41, 5.74) is 0. The first-order valence-electron chi connectivity index (χ1n) is 2.82. The molecule has 0 N–H and O–H groups in total. The molecule has 0 aromatic heterocycles. The lowest BCUT2D eigenvalue weighted by molar-refractivity contribution is 0.383. The second-order valence-corrected chi connectivity index (χ2v) is 4.73. The molecule has 0 heterocycles. The van der Waals surface area contributed by atoms with Crippen LogP contribution in [0.3, 0.4) is 0 Å². The summed E-state index contributed by atoms with van der Waals surface area (Å²) in [7, 11) is -1.89. The molecule has 0 rings (SSSR count). The molecule has 0 aliphatic heterocycles. The fourth-order valence-corrected chi connectivity index (χ4v) is 2.10. The Labute approximate surface area is 66.0 Å². The molecule has 0 aromatic rings. The predicted octanol–water partition coefficient (Wildman–Crippen LogP) is 2.50. The van der Waals surface area contributed by atoms with Gasteiger partial charge in [-0.15, -0.1) is 13.2 Å². The first kappa shape index (κ1) is 10.0. The average Bonchev–Trinajstić information content (AvgIpc) is 1.97. The quantitative estimate of drug-likeness (QED) is 0.461. The third kappa shape index (κ3) is 6.14. The smallest absolute Gasteiger partial charge is 0.246 e. The van der Waals surface area contributed by atoms with Crippen LogP contribution in [0.2, 0.25) is 0 Å². The normalized spacial score (nSPS) is 12.4. The van der Waals surface area contributed by atoms with Crippen molar-refractivity contribution in [2.45, 2.75) is 0 Å². The van der Waals surface area contributed by atoms with Crippen LogP contribution in [0.4, 0.5) is 0 Å². The zero-order chi connectivity index (χ0) is 7.82. The number of hydrogen-bond acceptors (Lipinski definition) is 3. The van der Waals surface area contributed by atoms with Crippen LogP contribution < -0.4 is 0 Å². The second kappa shape index (κ2) is 7.13. The molecule has 0 saturated carbocycles. The van der Waals surface area contributed by atoms with Gasteiger partial charge in [0, 0.05) is 5.75 Å². The summed E-state index contributed by atoms with van der Waals surface area (Å²) >= 11 is 1.27. The summed E-state index contributed by atoms with van der Waals surface area (Å²) in [4.78, 5) is 0. The van der Waals surface area contributed by atoms with Crippen molar-refractivity contribution in [3.05, 3.63) is 25.3 Å². The van der Waals surface area contributed by atoms with E-state index in [0.717, 1.165) is 0 Å². The second-order valence-electron chi connectivity index (χ2n) is 1.45. The minimum absolute atomic E-state index is 0.363. The van der Waals surface area contributed by atoms with Gasteiger partial charge in [0.15, 0.2) is 0 Å². The van der Waals surface area contributed by atoms with E-state index < -0.39 is 7.23 Å². The molecule has 0 aliphatic rings. The van der Waals surface area contributed by atoms with Gasteiger partial charge in [-0.1, -0.05) is 23.5 Å². The maximum absolute atomic E-state index is 10.8. The van der Waals surface area contributed by atoms with E-state index in [9.17, 15) is 4.57 Å². The first-order valence-corrected chi connectivity index (χ1v) is 5.85. The Kier molecular flexibility index (Phi) is 7.15. The van der Waals surface area contributed by atoms with Crippen molar-refractivity contribution < 1.29 is 9.09 Å². The van der Waals surface area contributed by atoms with E-state index in [4.69, 9.17) is 4.52 Å². The van der Waals surface area contributed by atoms with Crippen LogP contribution in [0.1, 0.15) is 0 Å². The van der Waals surface area contributed by atoms with Crippen molar-refractivity contribution >= 4 is 18.6 Å². The number of rotatable bonds is 6. The van der Waals surface area contributed by atoms with Crippen molar-refractivity contribution in [1.29, 1.82) is 0 Å². The van der Waals surface area contributed by atoms with Gasteiger partial charge in [-0.25, -0.2) is 0 Å². The van der Waals surface area contributed by atoms with E-state index in [0.29, 0.717) is 12.4 Å². The summed E-state index contributed by atoms with van der Waals surface area (Å²) < 4.78 is 15.6. The van der Waals surface area contributed by atoms with Crippen molar-refractivity contribution in [1.82, 2.24) is 0 Å². The lowest BCUT2D eigenvalue weighted by Gasteiger charge is -1.96. The SMILES string of the molecule is C=CCO[PH](=O)SCC=C. The van der Waals surface area contributed by atoms with E-state index in [1.54, 1.807) is 12.2 Å². The Balaban J connectivity index is 3.24. The predicted molar refractivity (Wildman–Crippen MR) is 47.8 cm³/mol. The minimum Gasteiger partial charge on any atom is -0.319 e. The van der Waals surface area contributed by atoms with Gasteiger partial charge in [-0.05, 0) is 0 Å². The Morgan fingerprint density at radius 3 is 2.70 bits per heavy atom. The van der Waals surface area contributed by atoms with Gasteiger partial charge >= 0.3 is 0 Å². The number of hydrogen-bond donors (Lipinski definition) is 0. The highest BCUT2D eigenvalue weighted by Gasteiger charge is 1.94. The highest BCUT2D eigenvalue weighted by Crippen LogP contribution is 2.38. The molecule has 58 valence electrons. The van der Waals surface area contributed by atoms with Gasteiger partial charge in [0.25, 0.3) is 0 Å². The van der Waals surface area contributed by atoms with Crippen LogP contribution in [0.25, 0.3) is 0 Å². The maximum atomic E-state index is 10.8. The van der Waals surface area contributed by atoms with Gasteiger partial charge in [0.2, 0.25) is 7.23 Å². The van der Waals surface area contributed by atoms with Gasteiger partial charge in [-0.3, -0.25) is 4.57 Å². The molecule has 0 radical (unpaired) electrons. The summed E-state index contributed by atoms with van der Waals surface area (Å²) in [6, 6.07) is 0. The van der Waals surface area contributed by atoms with Crippen molar-refractivity contribution in [3.63, 3.8) is 0 Å². The highest BCUT2D eigenvalue weighted by atomic mass is 32.7. The Morgan fingerprint density at radius 1 is 1.50 bits per heavy atom. The summed E-state index contributed by atoms with van der Waals surface area (Å²) in [5.74, 6) is 0.676.